The lowest BCUT2D eigenvalue weighted by molar-refractivity contribution is -0.148. The molecule has 6 atom stereocenters. The van der Waals surface area contributed by atoms with Crippen molar-refractivity contribution in [1.29, 1.82) is 0 Å². The van der Waals surface area contributed by atoms with Crippen molar-refractivity contribution in [3.63, 3.8) is 0 Å². The minimum absolute atomic E-state index is 0.0132. The zero-order valence-corrected chi connectivity index (χ0v) is 33.5. The van der Waals surface area contributed by atoms with E-state index in [0.29, 0.717) is 48.0 Å². The first-order valence-electron chi connectivity index (χ1n) is 19.2. The molecule has 2 N–H and O–H groups in total. The van der Waals surface area contributed by atoms with Crippen molar-refractivity contribution in [3.8, 4) is 23.7 Å². The molecule has 0 spiro atoms. The van der Waals surface area contributed by atoms with E-state index in [-0.39, 0.29) is 60.5 Å². The largest absolute Gasteiger partial charge is 0.469 e. The quantitative estimate of drug-likeness (QED) is 0.197. The fraction of sp³-hybridized carbons (Fsp3) is 0.535. The van der Waals surface area contributed by atoms with Gasteiger partial charge in [0.2, 0.25) is 11.8 Å². The highest BCUT2D eigenvalue weighted by atomic mass is 16.5. The number of ether oxygens (including phenoxy) is 2. The lowest BCUT2D eigenvalue weighted by atomic mass is 9.91. The number of rotatable bonds is 10. The van der Waals surface area contributed by atoms with E-state index in [1.54, 1.807) is 12.4 Å². The van der Waals surface area contributed by atoms with Crippen molar-refractivity contribution in [2.75, 3.05) is 27.3 Å². The predicted molar refractivity (Wildman–Crippen MR) is 207 cm³/mol. The highest BCUT2D eigenvalue weighted by molar-refractivity contribution is 5.85. The number of aromatic amines is 2. The van der Waals surface area contributed by atoms with Crippen LogP contribution in [-0.4, -0.2) is 80.8 Å². The summed E-state index contributed by atoms with van der Waals surface area (Å²) in [6, 6.07) is 5.41. The van der Waals surface area contributed by atoms with E-state index >= 15 is 0 Å². The third kappa shape index (κ3) is 9.85. The highest BCUT2D eigenvalue weighted by Gasteiger charge is 2.41. The van der Waals surface area contributed by atoms with Crippen molar-refractivity contribution in [3.05, 3.63) is 70.3 Å². The maximum absolute atomic E-state index is 13.7. The van der Waals surface area contributed by atoms with Crippen molar-refractivity contribution in [2.45, 2.75) is 86.2 Å². The molecule has 0 aliphatic carbocycles. The Morgan fingerprint density at radius 3 is 1.62 bits per heavy atom. The molecule has 1 aromatic carbocycles. The maximum atomic E-state index is 13.7. The van der Waals surface area contributed by atoms with Gasteiger partial charge in [0.25, 0.3) is 0 Å². The molecule has 2 amide bonds. The van der Waals surface area contributed by atoms with Crippen molar-refractivity contribution >= 4 is 23.8 Å². The van der Waals surface area contributed by atoms with Crippen LogP contribution in [0.5, 0.6) is 0 Å². The van der Waals surface area contributed by atoms with Crippen LogP contribution in [0.1, 0.15) is 119 Å². The van der Waals surface area contributed by atoms with Crippen LogP contribution in [0, 0.1) is 66.1 Å². The number of benzene rings is 1. The summed E-state index contributed by atoms with van der Waals surface area (Å²) >= 11 is 0. The van der Waals surface area contributed by atoms with Crippen LogP contribution in [0.3, 0.4) is 0 Å². The van der Waals surface area contributed by atoms with Gasteiger partial charge < -0.3 is 29.2 Å². The lowest BCUT2D eigenvalue weighted by Crippen LogP contribution is -2.39. The molecule has 0 saturated carbocycles. The van der Waals surface area contributed by atoms with Gasteiger partial charge in [0.1, 0.15) is 23.0 Å². The number of nitrogens with one attached hydrogen (secondary N) is 2. The number of carbonyl (C=O) groups excluding carboxylic acids is 4. The number of nitrogens with zero attached hydrogens (tertiary/aromatic N) is 4. The second-order valence-corrected chi connectivity index (χ2v) is 15.9. The van der Waals surface area contributed by atoms with E-state index in [1.807, 2.05) is 62.6 Å². The van der Waals surface area contributed by atoms with Crippen LogP contribution in [0.25, 0.3) is 0 Å². The molecule has 3 aromatic rings. The summed E-state index contributed by atoms with van der Waals surface area (Å²) < 4.78 is 9.73. The second kappa shape index (κ2) is 17.9. The number of aromatic nitrogens is 4. The maximum Gasteiger partial charge on any atom is 0.306 e. The molecule has 2 fully saturated rings. The van der Waals surface area contributed by atoms with Crippen LogP contribution in [0.4, 0.5) is 0 Å². The van der Waals surface area contributed by atoms with Crippen LogP contribution in [0.2, 0.25) is 0 Å². The number of amides is 2. The Hall–Kier alpha value is -5.36. The number of aryl methyl sites for hydroxylation is 1. The molecule has 4 heterocycles. The number of likely N-dealkylation sites (tertiary alicyclic amines) is 2. The summed E-state index contributed by atoms with van der Waals surface area (Å²) in [7, 11) is 2.69. The van der Waals surface area contributed by atoms with Gasteiger partial charge in [-0.1, -0.05) is 53.4 Å². The molecule has 292 valence electrons. The highest BCUT2D eigenvalue weighted by Crippen LogP contribution is 2.38. The van der Waals surface area contributed by atoms with Crippen LogP contribution in [0.15, 0.2) is 30.6 Å². The van der Waals surface area contributed by atoms with Gasteiger partial charge in [0.15, 0.2) is 0 Å². The molecule has 12 heteroatoms. The first-order valence-corrected chi connectivity index (χ1v) is 19.2. The summed E-state index contributed by atoms with van der Waals surface area (Å²) in [6.07, 6.45) is 5.03. The fourth-order valence-electron chi connectivity index (χ4n) is 7.56. The van der Waals surface area contributed by atoms with Gasteiger partial charge in [-0.15, -0.1) is 0 Å². The Morgan fingerprint density at radius 2 is 1.20 bits per heavy atom. The van der Waals surface area contributed by atoms with Gasteiger partial charge in [0.05, 0.1) is 63.4 Å². The molecule has 0 radical (unpaired) electrons. The number of esters is 2. The Kier molecular flexibility index (Phi) is 13.2. The third-order valence-electron chi connectivity index (χ3n) is 10.8. The number of hydrogen-bond donors (Lipinski definition) is 2. The zero-order valence-electron chi connectivity index (χ0n) is 33.5. The molecule has 55 heavy (non-hydrogen) atoms. The number of H-pyrrole nitrogens is 2. The summed E-state index contributed by atoms with van der Waals surface area (Å²) in [5, 5.41) is 0. The van der Waals surface area contributed by atoms with Gasteiger partial charge >= 0.3 is 11.9 Å². The van der Waals surface area contributed by atoms with E-state index in [9.17, 15) is 19.2 Å². The van der Waals surface area contributed by atoms with Crippen molar-refractivity contribution in [1.82, 2.24) is 29.7 Å². The Labute approximate surface area is 324 Å². The van der Waals surface area contributed by atoms with Crippen LogP contribution < -0.4 is 0 Å². The normalized spacial score (nSPS) is 20.4. The molecule has 2 aliphatic rings. The number of hydrogen-bond acceptors (Lipinski definition) is 8. The second-order valence-electron chi connectivity index (χ2n) is 15.9. The first kappa shape index (κ1) is 40.8. The minimum atomic E-state index is -0.463. The van der Waals surface area contributed by atoms with Gasteiger partial charge in [-0.05, 0) is 79.0 Å². The topological polar surface area (TPSA) is 151 Å². The Morgan fingerprint density at radius 1 is 0.745 bits per heavy atom. The molecule has 2 aliphatic heterocycles. The van der Waals surface area contributed by atoms with E-state index in [1.165, 1.54) is 14.2 Å². The molecule has 0 bridgehead atoms. The van der Waals surface area contributed by atoms with Gasteiger partial charge in [-0.3, -0.25) is 19.2 Å². The molecule has 5 rings (SSSR count). The molecule has 0 unspecified atom stereocenters. The summed E-state index contributed by atoms with van der Waals surface area (Å²) in [5.74, 6) is 12.9. The number of methoxy groups -OCH3 is 2. The molecule has 2 saturated heterocycles. The standard InChI is InChI=1S/C43H54N6O6/c1-25(2)34(19-38(50)54-8)42(52)48-23-27(5)16-36(48)40-44-21-32(46-40)14-11-30-10-12-31(29(7)18-30)13-15-33-22-45-41(47-33)37-17-28(6)24-49(37)43(53)35(26(3)4)20-39(51)55-9/h10,12,18,21-22,25-28,34-37H,16-17,19-20,23-24H2,1-9H3,(H,44,46)(H,45,47)/t27-,28-,34-,35-,36-,37-/m0/s1. The van der Waals surface area contributed by atoms with E-state index < -0.39 is 11.8 Å². The SMILES string of the molecule is COC(=O)C[C@H](C(=O)N1C[C@@H](C)C[C@H]1c1ncc(C#Cc2ccc(C#Cc3cnc([C@@H]4C[C@H](C)CN4C(=O)[C@@H](CC(=O)OC)C(C)C)[nH]3)c(C)c2)[nH]1)C(C)C. The van der Waals surface area contributed by atoms with Gasteiger partial charge in [0, 0.05) is 24.2 Å². The van der Waals surface area contributed by atoms with Gasteiger partial charge in [-0.25, -0.2) is 9.97 Å². The number of imidazole rings is 2. The van der Waals surface area contributed by atoms with E-state index in [2.05, 4.69) is 57.5 Å². The van der Waals surface area contributed by atoms with Crippen LogP contribution >= 0.6 is 0 Å². The summed E-state index contributed by atoms with van der Waals surface area (Å²) in [6.45, 7) is 15.2. The van der Waals surface area contributed by atoms with Crippen LogP contribution in [-0.2, 0) is 28.7 Å². The van der Waals surface area contributed by atoms with E-state index in [4.69, 9.17) is 9.47 Å². The van der Waals surface area contributed by atoms with Crippen molar-refractivity contribution in [2.24, 2.45) is 35.5 Å². The predicted octanol–water partition coefficient (Wildman–Crippen LogP) is 5.73. The first-order chi connectivity index (χ1) is 26.2. The fourth-order valence-corrected chi connectivity index (χ4v) is 7.56. The lowest BCUT2D eigenvalue weighted by Gasteiger charge is -2.29. The average molecular weight is 751 g/mol. The van der Waals surface area contributed by atoms with Gasteiger partial charge in [-0.2, -0.15) is 0 Å². The smallest absolute Gasteiger partial charge is 0.306 e. The minimum Gasteiger partial charge on any atom is -0.469 e. The Bertz CT molecular complexity index is 2010. The Balaban J connectivity index is 1.26. The number of carbonyl (C=O) groups is 4. The third-order valence-corrected chi connectivity index (χ3v) is 10.8. The summed E-state index contributed by atoms with van der Waals surface area (Å²) in [4.78, 5) is 71.0. The average Bonchev–Trinajstić information content (AvgIpc) is 3.97. The molecular formula is C43H54N6O6. The monoisotopic (exact) mass is 750 g/mol. The summed E-state index contributed by atoms with van der Waals surface area (Å²) in [5.41, 5.74) is 3.94. The zero-order chi connectivity index (χ0) is 40.0. The molecular weight excluding hydrogens is 697 g/mol. The molecule has 2 aromatic heterocycles. The van der Waals surface area contributed by atoms with Crippen molar-refractivity contribution < 1.29 is 28.7 Å². The molecule has 12 nitrogen and oxygen atoms in total. The van der Waals surface area contributed by atoms with E-state index in [0.717, 1.165) is 29.5 Å².